The van der Waals surface area contributed by atoms with Crippen molar-refractivity contribution in [2.45, 2.75) is 40.7 Å². The highest BCUT2D eigenvalue weighted by Crippen LogP contribution is 2.20. The molecule has 0 saturated carbocycles. The molecule has 20 heavy (non-hydrogen) atoms. The van der Waals surface area contributed by atoms with Crippen molar-refractivity contribution in [3.63, 3.8) is 0 Å². The maximum absolute atomic E-state index is 8.72. The number of nitriles is 1. The summed E-state index contributed by atoms with van der Waals surface area (Å²) < 4.78 is 0. The average molecular weight is 289 g/mol. The number of rotatable bonds is 4. The van der Waals surface area contributed by atoms with Crippen molar-refractivity contribution in [2.75, 3.05) is 0 Å². The summed E-state index contributed by atoms with van der Waals surface area (Å²) in [6, 6.07) is 1.98. The zero-order valence-electron chi connectivity index (χ0n) is 12.3. The molecule has 2 N–H and O–H groups in total. The molecule has 6 heteroatoms. The van der Waals surface area contributed by atoms with Crippen molar-refractivity contribution >= 4 is 23.0 Å². The number of amidine groups is 2. The number of hydrogen-bond donors (Lipinski definition) is 1. The van der Waals surface area contributed by atoms with Crippen LogP contribution >= 0.6 is 11.3 Å². The van der Waals surface area contributed by atoms with Gasteiger partial charge in [-0.15, -0.1) is 11.3 Å². The van der Waals surface area contributed by atoms with Gasteiger partial charge >= 0.3 is 0 Å². The minimum Gasteiger partial charge on any atom is -0.387 e. The first kappa shape index (κ1) is 16.1. The number of aryl methyl sites for hydroxylation is 2. The second kappa shape index (κ2) is 7.56. The first-order chi connectivity index (χ1) is 9.47. The average Bonchev–Trinajstić information content (AvgIpc) is 2.74. The molecule has 106 valence electrons. The molecule has 1 rings (SSSR count). The molecule has 0 aliphatic rings. The smallest absolute Gasteiger partial charge is 0.153 e. The third-order valence-electron chi connectivity index (χ3n) is 2.51. The minimum absolute atomic E-state index is 0.422. The second-order valence-electron chi connectivity index (χ2n) is 4.31. The van der Waals surface area contributed by atoms with E-state index >= 15 is 0 Å². The Bertz CT molecular complexity index is 598. The number of aromatic nitrogens is 1. The van der Waals surface area contributed by atoms with E-state index < -0.39 is 0 Å². The summed E-state index contributed by atoms with van der Waals surface area (Å²) in [5.41, 5.74) is 7.39. The molecule has 0 bridgehead atoms. The Labute approximate surface area is 123 Å². The Morgan fingerprint density at radius 3 is 2.75 bits per heavy atom. The molecule has 0 fully saturated rings. The van der Waals surface area contributed by atoms with Gasteiger partial charge in [-0.1, -0.05) is 6.92 Å². The molecule has 0 saturated heterocycles. The molecule has 0 spiro atoms. The summed E-state index contributed by atoms with van der Waals surface area (Å²) in [4.78, 5) is 14.3. The van der Waals surface area contributed by atoms with Gasteiger partial charge in [-0.3, -0.25) is 4.99 Å². The third-order valence-corrected chi connectivity index (χ3v) is 3.51. The zero-order chi connectivity index (χ0) is 15.1. The maximum atomic E-state index is 8.72. The van der Waals surface area contributed by atoms with Crippen molar-refractivity contribution in [1.82, 2.24) is 4.98 Å². The van der Waals surface area contributed by atoms with Gasteiger partial charge in [0, 0.05) is 16.5 Å². The van der Waals surface area contributed by atoms with E-state index in [1.54, 1.807) is 25.2 Å². The Hall–Kier alpha value is -2.00. The zero-order valence-corrected chi connectivity index (χ0v) is 13.1. The Morgan fingerprint density at radius 1 is 1.50 bits per heavy atom. The summed E-state index contributed by atoms with van der Waals surface area (Å²) in [5, 5.41) is 9.76. The number of allylic oxidation sites excluding steroid dienone is 1. The largest absolute Gasteiger partial charge is 0.387 e. The lowest BCUT2D eigenvalue weighted by molar-refractivity contribution is 0.977. The van der Waals surface area contributed by atoms with Gasteiger partial charge in [0.15, 0.2) is 5.84 Å². The first-order valence-corrected chi connectivity index (χ1v) is 7.16. The molecular formula is C14H19N5S. The summed E-state index contributed by atoms with van der Waals surface area (Å²) >= 11 is 1.64. The lowest BCUT2D eigenvalue weighted by Gasteiger charge is -2.02. The van der Waals surface area contributed by atoms with Crippen LogP contribution in [0.25, 0.3) is 0 Å². The van der Waals surface area contributed by atoms with Gasteiger partial charge in [0.05, 0.1) is 29.2 Å². The molecule has 1 aromatic heterocycles. The van der Waals surface area contributed by atoms with Gasteiger partial charge in [0.1, 0.15) is 0 Å². The number of hydrogen-bond acceptors (Lipinski definition) is 4. The molecule has 0 atom stereocenters. The van der Waals surface area contributed by atoms with Crippen LogP contribution in [0.5, 0.6) is 0 Å². The first-order valence-electron chi connectivity index (χ1n) is 6.35. The highest BCUT2D eigenvalue weighted by molar-refractivity contribution is 7.11. The van der Waals surface area contributed by atoms with E-state index in [4.69, 9.17) is 11.0 Å². The van der Waals surface area contributed by atoms with Crippen molar-refractivity contribution in [2.24, 2.45) is 15.7 Å². The van der Waals surface area contributed by atoms with Crippen molar-refractivity contribution < 1.29 is 0 Å². The van der Waals surface area contributed by atoms with E-state index in [0.717, 1.165) is 22.0 Å². The molecule has 0 amide bonds. The normalized spacial score (nSPS) is 13.4. The van der Waals surface area contributed by atoms with Gasteiger partial charge < -0.3 is 5.73 Å². The van der Waals surface area contributed by atoms with Crippen LogP contribution in [0.2, 0.25) is 0 Å². The second-order valence-corrected chi connectivity index (χ2v) is 5.59. The highest BCUT2D eigenvalue weighted by atomic mass is 32.1. The van der Waals surface area contributed by atoms with Gasteiger partial charge in [-0.2, -0.15) is 5.26 Å². The van der Waals surface area contributed by atoms with E-state index in [-0.39, 0.29) is 0 Å². The fourth-order valence-electron chi connectivity index (χ4n) is 1.64. The predicted octanol–water partition coefficient (Wildman–Crippen LogP) is 2.76. The summed E-state index contributed by atoms with van der Waals surface area (Å²) in [6.45, 7) is 8.07. The summed E-state index contributed by atoms with van der Waals surface area (Å²) in [6.07, 6.45) is 2.31. The molecule has 0 unspecified atom stereocenters. The van der Waals surface area contributed by atoms with Crippen LogP contribution in [0.15, 0.2) is 21.6 Å². The lowest BCUT2D eigenvalue weighted by Crippen LogP contribution is -2.10. The molecule has 1 aromatic rings. The minimum atomic E-state index is 0.422. The van der Waals surface area contributed by atoms with E-state index in [0.29, 0.717) is 23.8 Å². The predicted molar refractivity (Wildman–Crippen MR) is 84.0 cm³/mol. The van der Waals surface area contributed by atoms with Gasteiger partial charge in [-0.25, -0.2) is 9.98 Å². The molecule has 0 aromatic carbocycles. The Balaban J connectivity index is 3.06. The van der Waals surface area contributed by atoms with Gasteiger partial charge in [0.2, 0.25) is 0 Å². The molecule has 0 aliphatic carbocycles. The van der Waals surface area contributed by atoms with E-state index in [2.05, 4.69) is 21.9 Å². The Kier molecular flexibility index (Phi) is 6.07. The van der Waals surface area contributed by atoms with E-state index in [1.165, 1.54) is 6.08 Å². The maximum Gasteiger partial charge on any atom is 0.153 e. The molecule has 0 radical (unpaired) electrons. The van der Waals surface area contributed by atoms with Crippen molar-refractivity contribution in [3.05, 3.63) is 27.2 Å². The fraction of sp³-hybridized carbons (Fsp3) is 0.429. The van der Waals surface area contributed by atoms with Crippen LogP contribution in [0, 0.1) is 18.3 Å². The van der Waals surface area contributed by atoms with Crippen molar-refractivity contribution in [1.29, 1.82) is 5.26 Å². The number of aliphatic imine (C=N–C) groups is 2. The van der Waals surface area contributed by atoms with Gasteiger partial charge in [-0.05, 0) is 27.2 Å². The number of thiazole rings is 1. The molecule has 0 aliphatic heterocycles. The Morgan fingerprint density at radius 2 is 2.20 bits per heavy atom. The van der Waals surface area contributed by atoms with Crippen LogP contribution in [0.4, 0.5) is 0 Å². The topological polar surface area (TPSA) is 87.4 Å². The number of nitrogens with zero attached hydrogens (tertiary/aromatic N) is 4. The van der Waals surface area contributed by atoms with Crippen LogP contribution in [-0.4, -0.2) is 16.7 Å². The standard InChI is InChI=1S/C14H19N5S/c1-5-12-13(20-11(4)19-12)8-17-14(18-10(3)16)9(2)6-7-15/h6H,5,8H2,1-4H3,(H2,16,17,18)/b9-6+. The van der Waals surface area contributed by atoms with Crippen LogP contribution in [0.1, 0.15) is 36.3 Å². The molecule has 5 nitrogen and oxygen atoms in total. The van der Waals surface area contributed by atoms with Gasteiger partial charge in [0.25, 0.3) is 0 Å². The van der Waals surface area contributed by atoms with Crippen LogP contribution < -0.4 is 5.73 Å². The monoisotopic (exact) mass is 289 g/mol. The molecule has 1 heterocycles. The summed E-state index contributed by atoms with van der Waals surface area (Å²) in [5.74, 6) is 0.922. The third kappa shape index (κ3) is 4.59. The number of nitrogens with two attached hydrogens (primary N) is 1. The quantitative estimate of drug-likeness (QED) is 0.525. The summed E-state index contributed by atoms with van der Waals surface area (Å²) in [7, 11) is 0. The van der Waals surface area contributed by atoms with E-state index in [1.807, 2.05) is 13.0 Å². The van der Waals surface area contributed by atoms with Crippen LogP contribution in [0.3, 0.4) is 0 Å². The van der Waals surface area contributed by atoms with Crippen LogP contribution in [-0.2, 0) is 13.0 Å². The lowest BCUT2D eigenvalue weighted by atomic mass is 10.2. The van der Waals surface area contributed by atoms with E-state index in [9.17, 15) is 0 Å². The molecular weight excluding hydrogens is 270 g/mol. The SMILES string of the molecule is CCc1nc(C)sc1CN=C(N=C(C)N)/C(C)=C/C#N. The van der Waals surface area contributed by atoms with Crippen molar-refractivity contribution in [3.8, 4) is 6.07 Å². The fourth-order valence-corrected chi connectivity index (χ4v) is 2.58. The highest BCUT2D eigenvalue weighted by Gasteiger charge is 2.08.